The molecule has 0 saturated carbocycles. The van der Waals surface area contributed by atoms with Crippen molar-refractivity contribution in [2.45, 2.75) is 22.7 Å². The molecule has 1 saturated heterocycles. The molecule has 2 aromatic carbocycles. The van der Waals surface area contributed by atoms with E-state index in [-0.39, 0.29) is 22.5 Å². The zero-order chi connectivity index (χ0) is 21.3. The fourth-order valence-corrected chi connectivity index (χ4v) is 4.30. The van der Waals surface area contributed by atoms with Crippen LogP contribution in [0.4, 0.5) is 17.6 Å². The van der Waals surface area contributed by atoms with Crippen molar-refractivity contribution in [2.24, 2.45) is 0 Å². The fraction of sp³-hybridized carbons (Fsp3) is 0.250. The van der Waals surface area contributed by atoms with Crippen LogP contribution < -0.4 is 0 Å². The quantitative estimate of drug-likeness (QED) is 0.544. The molecule has 1 fully saturated rings. The van der Waals surface area contributed by atoms with Gasteiger partial charge in [0.1, 0.15) is 5.82 Å². The maximum Gasteiger partial charge on any atom is 0.471 e. The number of benzene rings is 2. The molecular formula is C20H15F4N3O2S. The molecule has 1 atom stereocenters. The Bertz CT molecular complexity index is 1050. The number of carbonyl (C=O) groups excluding carboxylic acids is 1. The number of likely N-dealkylation sites (tertiary alicyclic amines) is 1. The summed E-state index contributed by atoms with van der Waals surface area (Å²) in [5, 5.41) is 3.50. The van der Waals surface area contributed by atoms with E-state index in [9.17, 15) is 22.4 Å². The number of hydrogen-bond donors (Lipinski definition) is 0. The van der Waals surface area contributed by atoms with Crippen LogP contribution in [-0.4, -0.2) is 39.3 Å². The number of rotatable bonds is 4. The van der Waals surface area contributed by atoms with Crippen LogP contribution in [0, 0.1) is 5.82 Å². The number of amides is 1. The van der Waals surface area contributed by atoms with Crippen LogP contribution in [0.1, 0.15) is 22.7 Å². The van der Waals surface area contributed by atoms with Crippen molar-refractivity contribution in [2.75, 3.05) is 13.1 Å². The third-order valence-corrected chi connectivity index (χ3v) is 5.88. The SMILES string of the molecule is O=C(c1ccccc1F)N1CC[C@H](Sc2ccc(-c3noc(C(F)(F)F)n3)cc2)C1. The number of thioether (sulfide) groups is 1. The highest BCUT2D eigenvalue weighted by Crippen LogP contribution is 2.33. The first-order chi connectivity index (χ1) is 14.3. The van der Waals surface area contributed by atoms with E-state index in [1.807, 2.05) is 0 Å². The van der Waals surface area contributed by atoms with Gasteiger partial charge >= 0.3 is 12.1 Å². The molecule has 10 heteroatoms. The van der Waals surface area contributed by atoms with E-state index < -0.39 is 17.9 Å². The molecule has 156 valence electrons. The van der Waals surface area contributed by atoms with E-state index in [4.69, 9.17) is 0 Å². The van der Waals surface area contributed by atoms with Crippen molar-refractivity contribution in [1.29, 1.82) is 0 Å². The van der Waals surface area contributed by atoms with Gasteiger partial charge in [-0.15, -0.1) is 11.8 Å². The van der Waals surface area contributed by atoms with Crippen LogP contribution in [0.3, 0.4) is 0 Å². The first-order valence-electron chi connectivity index (χ1n) is 9.03. The molecular weight excluding hydrogens is 422 g/mol. The minimum Gasteiger partial charge on any atom is -0.337 e. The maximum absolute atomic E-state index is 13.9. The van der Waals surface area contributed by atoms with Crippen LogP contribution in [-0.2, 0) is 6.18 Å². The molecule has 4 rings (SSSR count). The minimum absolute atomic E-state index is 0.0610. The van der Waals surface area contributed by atoms with Crippen molar-refractivity contribution in [3.05, 3.63) is 65.8 Å². The zero-order valence-electron chi connectivity index (χ0n) is 15.4. The molecule has 3 aromatic rings. The summed E-state index contributed by atoms with van der Waals surface area (Å²) in [6, 6.07) is 12.6. The Labute approximate surface area is 173 Å². The number of hydrogen-bond acceptors (Lipinski definition) is 5. The molecule has 1 amide bonds. The molecule has 1 aromatic heterocycles. The van der Waals surface area contributed by atoms with E-state index in [0.29, 0.717) is 18.7 Å². The minimum atomic E-state index is -4.69. The van der Waals surface area contributed by atoms with E-state index in [1.54, 1.807) is 47.0 Å². The lowest BCUT2D eigenvalue weighted by molar-refractivity contribution is -0.159. The first-order valence-corrected chi connectivity index (χ1v) is 9.91. The fourth-order valence-electron chi connectivity index (χ4n) is 3.14. The van der Waals surface area contributed by atoms with Crippen molar-refractivity contribution in [1.82, 2.24) is 15.0 Å². The Hall–Kier alpha value is -2.88. The predicted octanol–water partition coefficient (Wildman–Crippen LogP) is 4.90. The van der Waals surface area contributed by atoms with Crippen LogP contribution in [0.5, 0.6) is 0 Å². The summed E-state index contributed by atoms with van der Waals surface area (Å²) < 4.78 is 55.8. The van der Waals surface area contributed by atoms with Crippen molar-refractivity contribution < 1.29 is 26.9 Å². The molecule has 0 aliphatic carbocycles. The number of halogens is 4. The topological polar surface area (TPSA) is 59.2 Å². The summed E-state index contributed by atoms with van der Waals surface area (Å²) >= 11 is 1.55. The lowest BCUT2D eigenvalue weighted by Crippen LogP contribution is -2.29. The summed E-state index contributed by atoms with van der Waals surface area (Å²) in [5.74, 6) is -2.39. The second kappa shape index (κ2) is 8.10. The van der Waals surface area contributed by atoms with Crippen LogP contribution in [0.2, 0.25) is 0 Å². The zero-order valence-corrected chi connectivity index (χ0v) is 16.2. The summed E-state index contributed by atoms with van der Waals surface area (Å²) in [6.07, 6.45) is -3.93. The normalized spacial score (nSPS) is 16.8. The van der Waals surface area contributed by atoms with Gasteiger partial charge in [0.2, 0.25) is 5.82 Å². The summed E-state index contributed by atoms with van der Waals surface area (Å²) in [4.78, 5) is 18.4. The summed E-state index contributed by atoms with van der Waals surface area (Å²) in [7, 11) is 0. The average molecular weight is 437 g/mol. The average Bonchev–Trinajstić information content (AvgIpc) is 3.38. The summed E-state index contributed by atoms with van der Waals surface area (Å²) in [6.45, 7) is 1.02. The second-order valence-electron chi connectivity index (χ2n) is 6.70. The van der Waals surface area contributed by atoms with Crippen LogP contribution >= 0.6 is 11.8 Å². The largest absolute Gasteiger partial charge is 0.471 e. The number of nitrogens with zero attached hydrogens (tertiary/aromatic N) is 3. The van der Waals surface area contributed by atoms with Crippen LogP contribution in [0.15, 0.2) is 57.9 Å². The van der Waals surface area contributed by atoms with Gasteiger partial charge in [-0.05, 0) is 42.8 Å². The van der Waals surface area contributed by atoms with Gasteiger partial charge in [0.25, 0.3) is 5.91 Å². The lowest BCUT2D eigenvalue weighted by atomic mass is 10.2. The molecule has 2 heterocycles. The summed E-state index contributed by atoms with van der Waals surface area (Å²) in [5.41, 5.74) is 0.465. The number of carbonyl (C=O) groups is 1. The van der Waals surface area contributed by atoms with E-state index in [0.717, 1.165) is 11.3 Å². The predicted molar refractivity (Wildman–Crippen MR) is 101 cm³/mol. The highest BCUT2D eigenvalue weighted by molar-refractivity contribution is 8.00. The molecule has 1 aliphatic rings. The highest BCUT2D eigenvalue weighted by Gasteiger charge is 2.38. The van der Waals surface area contributed by atoms with Crippen molar-refractivity contribution >= 4 is 17.7 Å². The van der Waals surface area contributed by atoms with Gasteiger partial charge < -0.3 is 9.42 Å². The molecule has 0 unspecified atom stereocenters. The Morgan fingerprint density at radius 2 is 1.87 bits per heavy atom. The van der Waals surface area contributed by atoms with Crippen LogP contribution in [0.25, 0.3) is 11.4 Å². The van der Waals surface area contributed by atoms with E-state index in [2.05, 4.69) is 14.7 Å². The Balaban J connectivity index is 1.38. The van der Waals surface area contributed by atoms with Gasteiger partial charge in [-0.1, -0.05) is 17.3 Å². The van der Waals surface area contributed by atoms with E-state index >= 15 is 0 Å². The Morgan fingerprint density at radius 1 is 1.13 bits per heavy atom. The van der Waals surface area contributed by atoms with Gasteiger partial charge in [-0.25, -0.2) is 4.39 Å². The monoisotopic (exact) mass is 437 g/mol. The maximum atomic E-state index is 13.9. The lowest BCUT2D eigenvalue weighted by Gasteiger charge is -2.17. The first kappa shape index (κ1) is 20.4. The smallest absolute Gasteiger partial charge is 0.337 e. The molecule has 0 spiro atoms. The van der Waals surface area contributed by atoms with Gasteiger partial charge in [-0.2, -0.15) is 18.2 Å². The number of alkyl halides is 3. The molecule has 1 aliphatic heterocycles. The number of aromatic nitrogens is 2. The van der Waals surface area contributed by atoms with Gasteiger partial charge in [-0.3, -0.25) is 4.79 Å². The molecule has 0 bridgehead atoms. The second-order valence-corrected chi connectivity index (χ2v) is 8.08. The van der Waals surface area contributed by atoms with Crippen molar-refractivity contribution in [3.8, 4) is 11.4 Å². The Kier molecular flexibility index (Phi) is 5.50. The molecule has 0 N–H and O–H groups in total. The molecule has 5 nitrogen and oxygen atoms in total. The Morgan fingerprint density at radius 3 is 2.53 bits per heavy atom. The third-order valence-electron chi connectivity index (χ3n) is 4.62. The van der Waals surface area contributed by atoms with Gasteiger partial charge in [0.05, 0.1) is 5.56 Å². The third kappa shape index (κ3) is 4.33. The molecule has 0 radical (unpaired) electrons. The van der Waals surface area contributed by atoms with E-state index in [1.165, 1.54) is 18.2 Å². The van der Waals surface area contributed by atoms with Gasteiger partial charge in [0, 0.05) is 28.8 Å². The highest BCUT2D eigenvalue weighted by atomic mass is 32.2. The standard InChI is InChI=1S/C20H15F4N3O2S/c21-16-4-2-1-3-15(16)18(28)27-10-9-14(11-27)30-13-7-5-12(6-8-13)17-25-19(29-26-17)20(22,23)24/h1-8,14H,9-11H2/t14-/m0/s1. The van der Waals surface area contributed by atoms with Crippen molar-refractivity contribution in [3.63, 3.8) is 0 Å². The molecule has 30 heavy (non-hydrogen) atoms. The van der Waals surface area contributed by atoms with Gasteiger partial charge in [0.15, 0.2) is 0 Å².